The van der Waals surface area contributed by atoms with E-state index in [1.807, 2.05) is 0 Å². The molecule has 1 heterocycles. The van der Waals surface area contributed by atoms with Gasteiger partial charge in [-0.3, -0.25) is 4.79 Å². The molecular weight excluding hydrogens is 304 g/mol. The van der Waals surface area contributed by atoms with E-state index >= 15 is 0 Å². The number of nitrogens with two attached hydrogens (primary N) is 1. The van der Waals surface area contributed by atoms with Crippen LogP contribution in [0.25, 0.3) is 0 Å². The lowest BCUT2D eigenvalue weighted by Gasteiger charge is -2.30. The van der Waals surface area contributed by atoms with Gasteiger partial charge in [0, 0.05) is 5.92 Å². The van der Waals surface area contributed by atoms with Crippen LogP contribution in [0.3, 0.4) is 0 Å². The van der Waals surface area contributed by atoms with Gasteiger partial charge in [-0.2, -0.15) is 0 Å². The Bertz CT molecular complexity index is 683. The number of anilines is 1. The first-order valence-electron chi connectivity index (χ1n) is 7.54. The van der Waals surface area contributed by atoms with Crippen LogP contribution in [0.4, 0.5) is 5.69 Å². The van der Waals surface area contributed by atoms with Crippen LogP contribution >= 0.6 is 0 Å². The zero-order valence-corrected chi connectivity index (χ0v) is 13.1. The highest BCUT2D eigenvalue weighted by Crippen LogP contribution is 2.38. The molecule has 3 rings (SSSR count). The van der Waals surface area contributed by atoms with Gasteiger partial charge in [0.2, 0.25) is 5.91 Å². The van der Waals surface area contributed by atoms with E-state index in [1.54, 1.807) is 17.0 Å². The second-order valence-corrected chi connectivity index (χ2v) is 7.81. The number of sulfone groups is 1. The van der Waals surface area contributed by atoms with Crippen molar-refractivity contribution in [1.29, 1.82) is 0 Å². The van der Waals surface area contributed by atoms with E-state index in [0.717, 1.165) is 12.8 Å². The molecule has 0 spiro atoms. The van der Waals surface area contributed by atoms with E-state index in [0.29, 0.717) is 37.6 Å². The number of hydrogen-bond acceptors (Lipinski definition) is 5. The van der Waals surface area contributed by atoms with Gasteiger partial charge >= 0.3 is 0 Å². The Balaban J connectivity index is 1.93. The first kappa shape index (κ1) is 15.3. The summed E-state index contributed by atoms with van der Waals surface area (Å²) in [5.41, 5.74) is 5.96. The molecule has 0 atom stereocenters. The van der Waals surface area contributed by atoms with Gasteiger partial charge in [-0.05, 0) is 44.0 Å². The van der Waals surface area contributed by atoms with Crippen LogP contribution < -0.4 is 15.4 Å². The molecule has 1 fully saturated rings. The molecule has 1 aromatic carbocycles. The summed E-state index contributed by atoms with van der Waals surface area (Å²) in [6, 6.07) is 4.73. The van der Waals surface area contributed by atoms with Crippen LogP contribution in [0.1, 0.15) is 19.3 Å². The Labute approximate surface area is 130 Å². The molecule has 2 aliphatic rings. The van der Waals surface area contributed by atoms with Gasteiger partial charge in [-0.1, -0.05) is 0 Å². The molecule has 1 aliphatic carbocycles. The molecule has 1 aromatic rings. The number of ether oxygens (including phenoxy) is 1. The molecule has 1 saturated carbocycles. The van der Waals surface area contributed by atoms with Crippen LogP contribution in [-0.4, -0.2) is 39.8 Å². The topological polar surface area (TPSA) is 89.7 Å². The van der Waals surface area contributed by atoms with E-state index < -0.39 is 9.84 Å². The number of carbonyl (C=O) groups excluding carboxylic acids is 1. The molecule has 0 aromatic heterocycles. The van der Waals surface area contributed by atoms with Crippen molar-refractivity contribution < 1.29 is 17.9 Å². The van der Waals surface area contributed by atoms with Crippen LogP contribution in [-0.2, 0) is 14.6 Å². The van der Waals surface area contributed by atoms with Crippen LogP contribution in [0.2, 0.25) is 0 Å². The monoisotopic (exact) mass is 324 g/mol. The molecule has 120 valence electrons. The fourth-order valence-corrected chi connectivity index (χ4v) is 3.91. The van der Waals surface area contributed by atoms with Gasteiger partial charge in [-0.15, -0.1) is 0 Å². The minimum absolute atomic E-state index is 0.0136. The van der Waals surface area contributed by atoms with Crippen LogP contribution in [0.5, 0.6) is 5.75 Å². The number of amides is 1. The lowest BCUT2D eigenvalue weighted by atomic mass is 10.2. The van der Waals surface area contributed by atoms with E-state index in [-0.39, 0.29) is 22.5 Å². The molecule has 2 N–H and O–H groups in total. The second-order valence-electron chi connectivity index (χ2n) is 5.70. The third-order valence-electron chi connectivity index (χ3n) is 3.96. The molecule has 7 heteroatoms. The van der Waals surface area contributed by atoms with E-state index in [9.17, 15) is 13.2 Å². The Kier molecular flexibility index (Phi) is 4.10. The molecule has 0 radical (unpaired) electrons. The molecular formula is C15H20N2O4S. The van der Waals surface area contributed by atoms with Crippen molar-refractivity contribution in [3.63, 3.8) is 0 Å². The maximum atomic E-state index is 12.4. The average Bonchev–Trinajstić information content (AvgIpc) is 3.36. The van der Waals surface area contributed by atoms with Gasteiger partial charge < -0.3 is 15.4 Å². The third kappa shape index (κ3) is 2.96. The second kappa shape index (κ2) is 5.89. The fraction of sp³-hybridized carbons (Fsp3) is 0.533. The molecule has 1 amide bonds. The SMILES string of the molecule is NCCCS(=O)(=O)c1ccc2c(c1)N(C(=O)C1CC1)CCO2. The summed E-state index contributed by atoms with van der Waals surface area (Å²) in [4.78, 5) is 14.2. The minimum atomic E-state index is -3.38. The largest absolute Gasteiger partial charge is 0.490 e. The van der Waals surface area contributed by atoms with Crippen molar-refractivity contribution in [2.75, 3.05) is 30.3 Å². The molecule has 1 aliphatic heterocycles. The van der Waals surface area contributed by atoms with Crippen molar-refractivity contribution in [3.05, 3.63) is 18.2 Å². The van der Waals surface area contributed by atoms with E-state index in [2.05, 4.69) is 0 Å². The summed E-state index contributed by atoms with van der Waals surface area (Å²) in [6.07, 6.45) is 2.25. The standard InChI is InChI=1S/C15H20N2O4S/c16-6-1-9-22(19,20)12-4-5-14-13(10-12)17(7-8-21-14)15(18)11-2-3-11/h4-5,10-11H,1-3,6-9,16H2. The molecule has 6 nitrogen and oxygen atoms in total. The zero-order valence-electron chi connectivity index (χ0n) is 12.3. The molecule has 0 unspecified atom stereocenters. The van der Waals surface area contributed by atoms with E-state index in [1.165, 1.54) is 6.07 Å². The average molecular weight is 324 g/mol. The Morgan fingerprint density at radius 3 is 2.82 bits per heavy atom. The van der Waals surface area contributed by atoms with Crippen molar-refractivity contribution in [2.45, 2.75) is 24.2 Å². The molecule has 22 heavy (non-hydrogen) atoms. The van der Waals surface area contributed by atoms with Crippen molar-refractivity contribution in [1.82, 2.24) is 0 Å². The minimum Gasteiger partial charge on any atom is -0.490 e. The lowest BCUT2D eigenvalue weighted by Crippen LogP contribution is -2.39. The van der Waals surface area contributed by atoms with Gasteiger partial charge in [-0.25, -0.2) is 8.42 Å². The quantitative estimate of drug-likeness (QED) is 0.871. The number of fused-ring (bicyclic) bond motifs is 1. The number of nitrogens with zero attached hydrogens (tertiary/aromatic N) is 1. The predicted octanol–water partition coefficient (Wildman–Crippen LogP) is 0.945. The van der Waals surface area contributed by atoms with Crippen molar-refractivity contribution in [3.8, 4) is 5.75 Å². The first-order chi connectivity index (χ1) is 10.5. The molecule has 0 bridgehead atoms. The smallest absolute Gasteiger partial charge is 0.230 e. The number of rotatable bonds is 5. The summed E-state index contributed by atoms with van der Waals surface area (Å²) in [5, 5.41) is 0. The Morgan fingerprint density at radius 1 is 1.36 bits per heavy atom. The lowest BCUT2D eigenvalue weighted by molar-refractivity contribution is -0.120. The van der Waals surface area contributed by atoms with E-state index in [4.69, 9.17) is 10.5 Å². The van der Waals surface area contributed by atoms with Gasteiger partial charge in [0.1, 0.15) is 12.4 Å². The van der Waals surface area contributed by atoms with Crippen LogP contribution in [0.15, 0.2) is 23.1 Å². The predicted molar refractivity (Wildman–Crippen MR) is 82.7 cm³/mol. The third-order valence-corrected chi connectivity index (χ3v) is 5.76. The number of carbonyl (C=O) groups is 1. The summed E-state index contributed by atoms with van der Waals surface area (Å²) in [7, 11) is -3.38. The summed E-state index contributed by atoms with van der Waals surface area (Å²) >= 11 is 0. The normalized spacial score (nSPS) is 17.8. The maximum absolute atomic E-state index is 12.4. The molecule has 0 saturated heterocycles. The number of benzene rings is 1. The van der Waals surface area contributed by atoms with Gasteiger partial charge in [0.15, 0.2) is 9.84 Å². The van der Waals surface area contributed by atoms with Crippen molar-refractivity contribution >= 4 is 21.4 Å². The van der Waals surface area contributed by atoms with Crippen LogP contribution in [0, 0.1) is 5.92 Å². The van der Waals surface area contributed by atoms with Crippen molar-refractivity contribution in [2.24, 2.45) is 11.7 Å². The summed E-state index contributed by atoms with van der Waals surface area (Å²) in [5.74, 6) is 0.738. The highest BCUT2D eigenvalue weighted by molar-refractivity contribution is 7.91. The summed E-state index contributed by atoms with van der Waals surface area (Å²) in [6.45, 7) is 1.24. The zero-order chi connectivity index (χ0) is 15.7. The number of hydrogen-bond donors (Lipinski definition) is 1. The Morgan fingerprint density at radius 2 is 2.14 bits per heavy atom. The highest BCUT2D eigenvalue weighted by atomic mass is 32.2. The van der Waals surface area contributed by atoms with Gasteiger partial charge in [0.05, 0.1) is 22.9 Å². The highest BCUT2D eigenvalue weighted by Gasteiger charge is 2.36. The van der Waals surface area contributed by atoms with Gasteiger partial charge in [0.25, 0.3) is 0 Å². The summed E-state index contributed by atoms with van der Waals surface area (Å²) < 4.78 is 30.1. The first-order valence-corrected chi connectivity index (χ1v) is 9.19. The maximum Gasteiger partial charge on any atom is 0.230 e. The fourth-order valence-electron chi connectivity index (χ4n) is 2.56. The Hall–Kier alpha value is -1.60.